The summed E-state index contributed by atoms with van der Waals surface area (Å²) in [6.45, 7) is 0. The van der Waals surface area contributed by atoms with Gasteiger partial charge in [0, 0.05) is 11.1 Å². The van der Waals surface area contributed by atoms with Gasteiger partial charge < -0.3 is 10.1 Å². The summed E-state index contributed by atoms with van der Waals surface area (Å²) in [6.07, 6.45) is -1.98. The van der Waals surface area contributed by atoms with Gasteiger partial charge in [-0.25, -0.2) is 0 Å². The van der Waals surface area contributed by atoms with Crippen LogP contribution in [-0.2, 0) is 11.0 Å². The summed E-state index contributed by atoms with van der Waals surface area (Å²) < 4.78 is 43.9. The molecule has 1 N–H and O–H groups in total. The number of ether oxygens (including phenoxy) is 1. The Hall–Kier alpha value is -2.47. The van der Waals surface area contributed by atoms with Crippen LogP contribution >= 0.6 is 11.6 Å². The third kappa shape index (κ3) is 4.76. The average Bonchev–Trinajstić information content (AvgIpc) is 2.54. The molecule has 0 aliphatic heterocycles. The van der Waals surface area contributed by atoms with Gasteiger partial charge in [0.25, 0.3) is 0 Å². The summed E-state index contributed by atoms with van der Waals surface area (Å²) in [4.78, 5) is 11.9. The highest BCUT2D eigenvalue weighted by molar-refractivity contribution is 6.30. The Labute approximate surface area is 141 Å². The van der Waals surface area contributed by atoms with Crippen molar-refractivity contribution >= 4 is 29.3 Å². The van der Waals surface area contributed by atoms with Crippen molar-refractivity contribution in [2.45, 2.75) is 6.18 Å². The number of halogens is 4. The molecule has 24 heavy (non-hydrogen) atoms. The Kier molecular flexibility index (Phi) is 5.51. The van der Waals surface area contributed by atoms with Gasteiger partial charge in [-0.3, -0.25) is 4.79 Å². The molecule has 2 rings (SSSR count). The van der Waals surface area contributed by atoms with Crippen molar-refractivity contribution in [3.05, 3.63) is 64.7 Å². The van der Waals surface area contributed by atoms with Gasteiger partial charge in [0.2, 0.25) is 5.91 Å². The number of methoxy groups -OCH3 is 1. The number of amides is 1. The number of hydrogen-bond donors (Lipinski definition) is 1. The van der Waals surface area contributed by atoms with E-state index >= 15 is 0 Å². The van der Waals surface area contributed by atoms with E-state index in [4.69, 9.17) is 16.3 Å². The first kappa shape index (κ1) is 17.9. The molecule has 1 amide bonds. The zero-order chi connectivity index (χ0) is 17.7. The van der Waals surface area contributed by atoms with Crippen molar-refractivity contribution in [2.24, 2.45) is 0 Å². The summed E-state index contributed by atoms with van der Waals surface area (Å²) in [7, 11) is 1.53. The van der Waals surface area contributed by atoms with E-state index in [2.05, 4.69) is 5.32 Å². The quantitative estimate of drug-likeness (QED) is 0.782. The minimum Gasteiger partial charge on any atom is -0.497 e. The largest absolute Gasteiger partial charge is 0.497 e. The lowest BCUT2D eigenvalue weighted by atomic mass is 10.1. The zero-order valence-electron chi connectivity index (χ0n) is 12.5. The van der Waals surface area contributed by atoms with Gasteiger partial charge in [0.15, 0.2) is 0 Å². The molecule has 0 radical (unpaired) electrons. The Morgan fingerprint density at radius 2 is 1.83 bits per heavy atom. The summed E-state index contributed by atoms with van der Waals surface area (Å²) in [5, 5.41) is 2.15. The van der Waals surface area contributed by atoms with Gasteiger partial charge in [0.05, 0.1) is 18.4 Å². The smallest absolute Gasteiger partial charge is 0.418 e. The topological polar surface area (TPSA) is 38.3 Å². The molecule has 0 atom stereocenters. The second-order valence-corrected chi connectivity index (χ2v) is 5.22. The maximum Gasteiger partial charge on any atom is 0.418 e. The second-order valence-electron chi connectivity index (χ2n) is 4.78. The van der Waals surface area contributed by atoms with Gasteiger partial charge >= 0.3 is 6.18 Å². The lowest BCUT2D eigenvalue weighted by molar-refractivity contribution is -0.136. The van der Waals surface area contributed by atoms with Crippen molar-refractivity contribution in [3.8, 4) is 5.75 Å². The first-order chi connectivity index (χ1) is 11.3. The van der Waals surface area contributed by atoms with Crippen LogP contribution in [0.2, 0.25) is 5.02 Å². The van der Waals surface area contributed by atoms with Crippen LogP contribution in [0.15, 0.2) is 48.5 Å². The number of rotatable bonds is 4. The minimum absolute atomic E-state index is 0.0610. The number of alkyl halides is 3. The van der Waals surface area contributed by atoms with Crippen molar-refractivity contribution in [1.82, 2.24) is 0 Å². The predicted molar refractivity (Wildman–Crippen MR) is 87.1 cm³/mol. The van der Waals surface area contributed by atoms with Crippen LogP contribution < -0.4 is 10.1 Å². The molecule has 2 aromatic rings. The average molecular weight is 356 g/mol. The van der Waals surface area contributed by atoms with E-state index in [0.717, 1.165) is 18.2 Å². The molecule has 0 aromatic heterocycles. The molecule has 0 heterocycles. The van der Waals surface area contributed by atoms with E-state index in [-0.39, 0.29) is 10.7 Å². The SMILES string of the molecule is COc1ccc(C=CC(=O)Nc2ccc(Cl)cc2C(F)(F)F)cc1. The van der Waals surface area contributed by atoms with Crippen molar-refractivity contribution in [1.29, 1.82) is 0 Å². The van der Waals surface area contributed by atoms with E-state index in [9.17, 15) is 18.0 Å². The van der Waals surface area contributed by atoms with Crippen LogP contribution in [0.25, 0.3) is 6.08 Å². The van der Waals surface area contributed by atoms with E-state index in [0.29, 0.717) is 11.3 Å². The third-order valence-electron chi connectivity index (χ3n) is 3.09. The van der Waals surface area contributed by atoms with Crippen LogP contribution in [0.1, 0.15) is 11.1 Å². The molecule has 2 aromatic carbocycles. The number of carbonyl (C=O) groups is 1. The van der Waals surface area contributed by atoms with E-state index < -0.39 is 17.6 Å². The standard InChI is InChI=1S/C17H13ClF3NO2/c1-24-13-6-2-11(3-7-13)4-9-16(23)22-15-8-5-12(18)10-14(15)17(19,20)21/h2-10H,1H3,(H,22,23). The molecular formula is C17H13ClF3NO2. The third-order valence-corrected chi connectivity index (χ3v) is 3.32. The molecule has 3 nitrogen and oxygen atoms in total. The van der Waals surface area contributed by atoms with Gasteiger partial charge in [0.1, 0.15) is 5.75 Å². The van der Waals surface area contributed by atoms with Gasteiger partial charge in [-0.1, -0.05) is 23.7 Å². The lowest BCUT2D eigenvalue weighted by Crippen LogP contribution is -2.14. The predicted octanol–water partition coefficient (Wildman–Crippen LogP) is 5.02. The van der Waals surface area contributed by atoms with Crippen molar-refractivity contribution in [2.75, 3.05) is 12.4 Å². The Balaban J connectivity index is 2.13. The first-order valence-corrected chi connectivity index (χ1v) is 7.17. The molecule has 0 unspecified atom stereocenters. The van der Waals surface area contributed by atoms with Gasteiger partial charge in [-0.2, -0.15) is 13.2 Å². The molecular weight excluding hydrogens is 343 g/mol. The molecule has 0 saturated heterocycles. The highest BCUT2D eigenvalue weighted by Crippen LogP contribution is 2.36. The van der Waals surface area contributed by atoms with Gasteiger partial charge in [-0.05, 0) is 42.0 Å². The van der Waals surface area contributed by atoms with Crippen LogP contribution in [0.4, 0.5) is 18.9 Å². The molecule has 0 saturated carbocycles. The molecule has 0 aliphatic rings. The minimum atomic E-state index is -4.62. The van der Waals surface area contributed by atoms with Crippen molar-refractivity contribution in [3.63, 3.8) is 0 Å². The highest BCUT2D eigenvalue weighted by atomic mass is 35.5. The molecule has 0 spiro atoms. The fourth-order valence-corrected chi connectivity index (χ4v) is 2.09. The molecule has 0 fully saturated rings. The van der Waals surface area contributed by atoms with Crippen LogP contribution in [0, 0.1) is 0 Å². The number of nitrogens with one attached hydrogen (secondary N) is 1. The highest BCUT2D eigenvalue weighted by Gasteiger charge is 2.34. The van der Waals surface area contributed by atoms with Gasteiger partial charge in [-0.15, -0.1) is 0 Å². The summed E-state index contributed by atoms with van der Waals surface area (Å²) in [5.41, 5.74) is -0.643. The number of hydrogen-bond acceptors (Lipinski definition) is 2. The Morgan fingerprint density at radius 3 is 2.42 bits per heavy atom. The van der Waals surface area contributed by atoms with Crippen LogP contribution in [0.3, 0.4) is 0 Å². The molecule has 7 heteroatoms. The van der Waals surface area contributed by atoms with Crippen LogP contribution in [0.5, 0.6) is 5.75 Å². The molecule has 0 aliphatic carbocycles. The van der Waals surface area contributed by atoms with E-state index in [1.54, 1.807) is 24.3 Å². The number of anilines is 1. The summed E-state index contributed by atoms with van der Waals surface area (Å²) in [5.74, 6) is -0.0220. The zero-order valence-corrected chi connectivity index (χ0v) is 13.3. The Morgan fingerprint density at radius 1 is 1.17 bits per heavy atom. The monoisotopic (exact) mass is 355 g/mol. The lowest BCUT2D eigenvalue weighted by Gasteiger charge is -2.13. The second kappa shape index (κ2) is 7.40. The molecule has 126 valence electrons. The first-order valence-electron chi connectivity index (χ1n) is 6.79. The maximum atomic E-state index is 13.0. The molecule has 0 bridgehead atoms. The fourth-order valence-electron chi connectivity index (χ4n) is 1.92. The van der Waals surface area contributed by atoms with Crippen molar-refractivity contribution < 1.29 is 22.7 Å². The van der Waals surface area contributed by atoms with Crippen LogP contribution in [-0.4, -0.2) is 13.0 Å². The number of benzene rings is 2. The summed E-state index contributed by atoms with van der Waals surface area (Å²) >= 11 is 5.59. The maximum absolute atomic E-state index is 13.0. The number of carbonyl (C=O) groups excluding carboxylic acids is 1. The summed E-state index contributed by atoms with van der Waals surface area (Å²) in [6, 6.07) is 10.0. The normalized spacial score (nSPS) is 11.5. The Bertz CT molecular complexity index is 755. The van der Waals surface area contributed by atoms with E-state index in [1.807, 2.05) is 0 Å². The fraction of sp³-hybridized carbons (Fsp3) is 0.118. The van der Waals surface area contributed by atoms with E-state index in [1.165, 1.54) is 19.3 Å².